The number of rotatable bonds is 8. The van der Waals surface area contributed by atoms with Crippen molar-refractivity contribution < 1.29 is 22.4 Å². The van der Waals surface area contributed by atoms with Crippen LogP contribution in [0.5, 0.6) is 5.88 Å². The molecule has 230 valence electrons. The maximum Gasteiger partial charge on any atom is 0.335 e. The van der Waals surface area contributed by atoms with Crippen LogP contribution in [-0.2, 0) is 24.3 Å². The molecule has 42 heavy (non-hydrogen) atoms. The molecule has 4 heterocycles. The molecular weight excluding hydrogens is 634 g/mol. The van der Waals surface area contributed by atoms with Crippen LogP contribution in [0.25, 0.3) is 11.2 Å². The Balaban J connectivity index is 1.50. The summed E-state index contributed by atoms with van der Waals surface area (Å²) in [5, 5.41) is 0. The number of hydrogen-bond donors (Lipinski definition) is 1. The van der Waals surface area contributed by atoms with E-state index in [9.17, 15) is 0 Å². The SMILES string of the molecule is CC(C)[Si]1(C(C)C)OCC2OC(n3c(Br)nc4c(OCc5ccccc5)nc(N)nc43)CC2O[Si](C(C)C)(C(C)C)O1. The molecule has 3 aromatic rings. The van der Waals surface area contributed by atoms with Crippen molar-refractivity contribution in [3.05, 3.63) is 40.6 Å². The number of aromatic nitrogens is 4. The van der Waals surface area contributed by atoms with Crippen molar-refractivity contribution in [2.24, 2.45) is 0 Å². The summed E-state index contributed by atoms with van der Waals surface area (Å²) in [5.41, 5.74) is 9.24. The number of hydrogen-bond acceptors (Lipinski definition) is 9. The summed E-state index contributed by atoms with van der Waals surface area (Å²) in [6, 6.07) is 9.90. The van der Waals surface area contributed by atoms with Gasteiger partial charge in [-0.25, -0.2) is 4.98 Å². The first-order chi connectivity index (χ1) is 19.9. The highest BCUT2D eigenvalue weighted by atomic mass is 79.9. The third kappa shape index (κ3) is 5.69. The number of ether oxygens (including phenoxy) is 2. The molecule has 0 amide bonds. The molecule has 3 atom stereocenters. The summed E-state index contributed by atoms with van der Waals surface area (Å²) in [7, 11) is -5.42. The second-order valence-electron chi connectivity index (χ2n) is 12.6. The summed E-state index contributed by atoms with van der Waals surface area (Å²) in [6.07, 6.45) is -0.268. The molecule has 2 fully saturated rings. The second-order valence-corrected chi connectivity index (χ2v) is 22.1. The molecule has 0 saturated carbocycles. The van der Waals surface area contributed by atoms with E-state index in [0.717, 1.165) is 5.56 Å². The minimum absolute atomic E-state index is 0.104. The van der Waals surface area contributed by atoms with Crippen LogP contribution in [0.15, 0.2) is 35.1 Å². The molecular formula is C29H44BrN5O5Si2. The highest BCUT2D eigenvalue weighted by Crippen LogP contribution is 2.48. The van der Waals surface area contributed by atoms with Gasteiger partial charge in [0, 0.05) is 6.42 Å². The van der Waals surface area contributed by atoms with E-state index >= 15 is 0 Å². The van der Waals surface area contributed by atoms with Gasteiger partial charge in [0.1, 0.15) is 18.9 Å². The van der Waals surface area contributed by atoms with E-state index in [1.54, 1.807) is 0 Å². The van der Waals surface area contributed by atoms with Gasteiger partial charge in [0.05, 0.1) is 12.7 Å². The van der Waals surface area contributed by atoms with E-state index in [0.29, 0.717) is 41.4 Å². The van der Waals surface area contributed by atoms with Crippen molar-refractivity contribution >= 4 is 50.2 Å². The third-order valence-electron chi connectivity index (χ3n) is 8.52. The van der Waals surface area contributed by atoms with Crippen LogP contribution in [0.1, 0.15) is 73.6 Å². The Morgan fingerprint density at radius 1 is 0.929 bits per heavy atom. The Hall–Kier alpha value is -1.88. The fourth-order valence-corrected chi connectivity index (χ4v) is 18.1. The summed E-state index contributed by atoms with van der Waals surface area (Å²) in [6.45, 7) is 18.6. The number of anilines is 1. The van der Waals surface area contributed by atoms with Gasteiger partial charge in [0.25, 0.3) is 0 Å². The molecule has 1 aromatic carbocycles. The molecule has 10 nitrogen and oxygen atoms in total. The lowest BCUT2D eigenvalue weighted by atomic mass is 10.2. The number of imidazole rings is 1. The van der Waals surface area contributed by atoms with Crippen LogP contribution in [0.3, 0.4) is 0 Å². The van der Waals surface area contributed by atoms with Crippen molar-refractivity contribution in [3.8, 4) is 5.88 Å². The normalized spacial score (nSPS) is 24.0. The average molecular weight is 679 g/mol. The first kappa shape index (κ1) is 31.5. The number of nitrogen functional groups attached to an aromatic ring is 1. The Morgan fingerprint density at radius 3 is 2.19 bits per heavy atom. The molecule has 13 heteroatoms. The Bertz CT molecular complexity index is 1370. The van der Waals surface area contributed by atoms with E-state index in [2.05, 4.69) is 81.3 Å². The molecule has 2 saturated heterocycles. The smallest absolute Gasteiger partial charge is 0.335 e. The molecule has 0 radical (unpaired) electrons. The number of halogens is 1. The zero-order valence-electron chi connectivity index (χ0n) is 25.8. The van der Waals surface area contributed by atoms with Crippen molar-refractivity contribution in [2.45, 2.75) is 109 Å². The second kappa shape index (κ2) is 12.3. The number of nitrogens with two attached hydrogens (primary N) is 1. The van der Waals surface area contributed by atoms with Crippen molar-refractivity contribution in [3.63, 3.8) is 0 Å². The quantitative estimate of drug-likeness (QED) is 0.199. The topological polar surface area (TPSA) is 116 Å². The van der Waals surface area contributed by atoms with Gasteiger partial charge in [-0.1, -0.05) is 85.7 Å². The minimum atomic E-state index is -2.75. The molecule has 2 aromatic heterocycles. The molecule has 2 N–H and O–H groups in total. The van der Waals surface area contributed by atoms with Gasteiger partial charge in [-0.05, 0) is 43.7 Å². The molecule has 2 aliphatic heterocycles. The van der Waals surface area contributed by atoms with Crippen LogP contribution in [-0.4, -0.2) is 55.5 Å². The number of fused-ring (bicyclic) bond motifs is 2. The number of benzene rings is 1. The average Bonchev–Trinajstić information content (AvgIpc) is 3.46. The lowest BCUT2D eigenvalue weighted by molar-refractivity contribution is -0.0550. The highest BCUT2D eigenvalue weighted by Gasteiger charge is 2.60. The molecule has 3 unspecified atom stereocenters. The van der Waals surface area contributed by atoms with Crippen LogP contribution in [0.4, 0.5) is 5.95 Å². The van der Waals surface area contributed by atoms with Crippen molar-refractivity contribution in [1.29, 1.82) is 0 Å². The van der Waals surface area contributed by atoms with Gasteiger partial charge in [-0.2, -0.15) is 9.97 Å². The molecule has 0 aliphatic carbocycles. The predicted octanol–water partition coefficient (Wildman–Crippen LogP) is 6.99. The van der Waals surface area contributed by atoms with E-state index in [1.165, 1.54) is 0 Å². The van der Waals surface area contributed by atoms with E-state index < -0.39 is 23.3 Å². The van der Waals surface area contributed by atoms with Gasteiger partial charge >= 0.3 is 17.1 Å². The van der Waals surface area contributed by atoms with Gasteiger partial charge in [0.2, 0.25) is 11.8 Å². The van der Waals surface area contributed by atoms with Crippen molar-refractivity contribution in [2.75, 3.05) is 12.3 Å². The van der Waals surface area contributed by atoms with Gasteiger partial charge in [0.15, 0.2) is 15.9 Å². The van der Waals surface area contributed by atoms with Crippen LogP contribution >= 0.6 is 15.9 Å². The highest BCUT2D eigenvalue weighted by molar-refractivity contribution is 9.10. The Morgan fingerprint density at radius 2 is 1.57 bits per heavy atom. The maximum absolute atomic E-state index is 7.33. The molecule has 5 rings (SSSR count). The number of nitrogens with zero attached hydrogens (tertiary/aromatic N) is 4. The lowest BCUT2D eigenvalue weighted by Gasteiger charge is -2.51. The molecule has 2 aliphatic rings. The van der Waals surface area contributed by atoms with Crippen LogP contribution in [0, 0.1) is 0 Å². The first-order valence-electron chi connectivity index (χ1n) is 14.9. The van der Waals surface area contributed by atoms with Crippen LogP contribution < -0.4 is 10.5 Å². The zero-order chi connectivity index (χ0) is 30.4. The van der Waals surface area contributed by atoms with Crippen LogP contribution in [0.2, 0.25) is 22.2 Å². The summed E-state index contributed by atoms with van der Waals surface area (Å²) < 4.78 is 36.7. The van der Waals surface area contributed by atoms with Crippen molar-refractivity contribution in [1.82, 2.24) is 19.5 Å². The molecule has 0 bridgehead atoms. The van der Waals surface area contributed by atoms with Gasteiger partial charge in [-0.3, -0.25) is 4.57 Å². The summed E-state index contributed by atoms with van der Waals surface area (Å²) in [5.74, 6) is 0.431. The lowest BCUT2D eigenvalue weighted by Crippen LogP contribution is -2.65. The van der Waals surface area contributed by atoms with E-state index in [-0.39, 0.29) is 40.3 Å². The monoisotopic (exact) mass is 677 g/mol. The third-order valence-corrected chi connectivity index (χ3v) is 19.4. The predicted molar refractivity (Wildman–Crippen MR) is 171 cm³/mol. The van der Waals surface area contributed by atoms with E-state index in [1.807, 2.05) is 34.9 Å². The zero-order valence-corrected chi connectivity index (χ0v) is 29.4. The van der Waals surface area contributed by atoms with Gasteiger partial charge in [-0.15, -0.1) is 0 Å². The fraction of sp³-hybridized carbons (Fsp3) is 0.621. The van der Waals surface area contributed by atoms with E-state index in [4.69, 9.17) is 33.2 Å². The molecule has 0 spiro atoms. The maximum atomic E-state index is 7.33. The Labute approximate surface area is 259 Å². The standard InChI is InChI=1S/C29H44BrN5O5Si2/c1-17(2)41(18(3)4)37-16-23-22(39-42(40-41,19(5)6)20(7)8)14-24(38-23)35-26-25(32-28(35)30)27(34-29(31)33-26)36-15-21-12-10-9-11-13-21/h9-13,17-20,22-24H,14-16H2,1-8H3,(H2,31,33,34). The largest absolute Gasteiger partial charge is 0.471 e. The fourth-order valence-electron chi connectivity index (χ4n) is 6.31. The van der Waals surface area contributed by atoms with Gasteiger partial charge < -0.3 is 28.2 Å². The summed E-state index contributed by atoms with van der Waals surface area (Å²) >= 11 is 3.66. The Kier molecular flexibility index (Phi) is 9.20. The first-order valence-corrected chi connectivity index (χ1v) is 19.7. The summed E-state index contributed by atoms with van der Waals surface area (Å²) in [4.78, 5) is 13.7. The minimum Gasteiger partial charge on any atom is -0.471 e.